The van der Waals surface area contributed by atoms with Crippen molar-refractivity contribution in [2.45, 2.75) is 46.4 Å². The highest BCUT2D eigenvalue weighted by Gasteiger charge is 2.18. The Morgan fingerprint density at radius 2 is 1.50 bits per heavy atom. The van der Waals surface area contributed by atoms with Crippen LogP contribution in [-0.2, 0) is 10.0 Å². The maximum atomic E-state index is 12.9. The van der Waals surface area contributed by atoms with Crippen molar-refractivity contribution in [1.29, 1.82) is 0 Å². The summed E-state index contributed by atoms with van der Waals surface area (Å²) in [5.41, 5.74) is 4.97. The van der Waals surface area contributed by atoms with Crippen molar-refractivity contribution >= 4 is 15.7 Å². The molecule has 8 nitrogen and oxygen atoms in total. The third kappa shape index (κ3) is 4.94. The van der Waals surface area contributed by atoms with Crippen LogP contribution < -0.4 is 9.46 Å². The lowest BCUT2D eigenvalue weighted by Gasteiger charge is -2.13. The van der Waals surface area contributed by atoms with Crippen molar-refractivity contribution in [1.82, 2.24) is 19.7 Å². The van der Waals surface area contributed by atoms with Crippen molar-refractivity contribution in [2.75, 3.05) is 4.72 Å². The van der Waals surface area contributed by atoms with E-state index in [1.54, 1.807) is 54.9 Å². The van der Waals surface area contributed by atoms with Gasteiger partial charge in [-0.1, -0.05) is 6.07 Å². The molecule has 0 atom stereocenters. The number of nitrogens with zero attached hydrogens (tertiary/aromatic N) is 4. The van der Waals surface area contributed by atoms with Gasteiger partial charge >= 0.3 is 0 Å². The summed E-state index contributed by atoms with van der Waals surface area (Å²) in [6, 6.07) is 13.9. The summed E-state index contributed by atoms with van der Waals surface area (Å²) in [5.74, 6) is 2.05. The zero-order valence-electron chi connectivity index (χ0n) is 20.0. The molecule has 0 amide bonds. The van der Waals surface area contributed by atoms with Crippen LogP contribution in [0.25, 0.3) is 5.82 Å². The van der Waals surface area contributed by atoms with E-state index in [1.807, 2.05) is 39.8 Å². The van der Waals surface area contributed by atoms with E-state index in [4.69, 9.17) is 4.74 Å². The largest absolute Gasteiger partial charge is 0.439 e. The SMILES string of the molecule is Cc1cc(C)n(-c2cc(Oc3ccc(NS(=O)(=O)c4cc(C)c(C)cc4C)cc3)nc(C)n2)n1. The smallest absolute Gasteiger partial charge is 0.262 e. The van der Waals surface area contributed by atoms with Gasteiger partial charge in [0, 0.05) is 17.4 Å². The molecule has 0 aliphatic rings. The van der Waals surface area contributed by atoms with E-state index in [0.29, 0.717) is 34.5 Å². The first kappa shape index (κ1) is 23.4. The minimum atomic E-state index is -3.72. The first-order valence-electron chi connectivity index (χ1n) is 10.8. The molecular formula is C25H27N5O3S. The van der Waals surface area contributed by atoms with Gasteiger partial charge in [-0.15, -0.1) is 0 Å². The molecule has 0 aliphatic heterocycles. The molecule has 1 N–H and O–H groups in total. The van der Waals surface area contributed by atoms with Crippen molar-refractivity contribution in [3.05, 3.63) is 82.4 Å². The van der Waals surface area contributed by atoms with Gasteiger partial charge in [-0.25, -0.2) is 18.1 Å². The van der Waals surface area contributed by atoms with E-state index in [1.165, 1.54) is 0 Å². The van der Waals surface area contributed by atoms with Crippen molar-refractivity contribution < 1.29 is 13.2 Å². The number of ether oxygens (including phenoxy) is 1. The molecule has 2 aromatic heterocycles. The lowest BCUT2D eigenvalue weighted by Crippen LogP contribution is -2.14. The van der Waals surface area contributed by atoms with Gasteiger partial charge in [0.1, 0.15) is 11.6 Å². The number of nitrogens with one attached hydrogen (secondary N) is 1. The fourth-order valence-electron chi connectivity index (χ4n) is 3.69. The van der Waals surface area contributed by atoms with Crippen LogP contribution in [0.2, 0.25) is 0 Å². The number of hydrogen-bond donors (Lipinski definition) is 1. The number of benzene rings is 2. The highest BCUT2D eigenvalue weighted by atomic mass is 32.2. The summed E-state index contributed by atoms with van der Waals surface area (Å²) >= 11 is 0. The standard InChI is InChI=1S/C25H27N5O3S/c1-15-11-17(3)23(12-16(15)2)34(31,32)29-21-7-9-22(10-8-21)33-25-14-24(26-20(6)27-25)30-19(5)13-18(4)28-30/h7-14,29H,1-6H3. The van der Waals surface area contributed by atoms with E-state index < -0.39 is 10.0 Å². The molecule has 2 aromatic carbocycles. The maximum absolute atomic E-state index is 12.9. The third-order valence-electron chi connectivity index (χ3n) is 5.44. The summed E-state index contributed by atoms with van der Waals surface area (Å²) in [4.78, 5) is 9.07. The monoisotopic (exact) mass is 477 g/mol. The first-order chi connectivity index (χ1) is 16.0. The Bertz CT molecular complexity index is 1480. The number of aryl methyl sites for hydroxylation is 6. The van der Waals surface area contributed by atoms with Gasteiger partial charge in [-0.05, 0) is 94.6 Å². The highest BCUT2D eigenvalue weighted by Crippen LogP contribution is 2.26. The number of aromatic nitrogens is 4. The summed E-state index contributed by atoms with van der Waals surface area (Å²) in [5, 5.41) is 4.46. The van der Waals surface area contributed by atoms with Crippen LogP contribution in [-0.4, -0.2) is 28.2 Å². The molecule has 0 radical (unpaired) electrons. The van der Waals surface area contributed by atoms with Crippen LogP contribution in [0.15, 0.2) is 53.4 Å². The molecule has 4 aromatic rings. The summed E-state index contributed by atoms with van der Waals surface area (Å²) in [6.07, 6.45) is 0. The van der Waals surface area contributed by atoms with Crippen LogP contribution in [0.1, 0.15) is 33.9 Å². The van der Waals surface area contributed by atoms with Crippen molar-refractivity contribution in [2.24, 2.45) is 0 Å². The molecule has 2 heterocycles. The topological polar surface area (TPSA) is 99.0 Å². The quantitative estimate of drug-likeness (QED) is 0.414. The lowest BCUT2D eigenvalue weighted by molar-refractivity contribution is 0.459. The third-order valence-corrected chi connectivity index (χ3v) is 6.96. The molecule has 0 fully saturated rings. The predicted molar refractivity (Wildman–Crippen MR) is 131 cm³/mol. The second-order valence-corrected chi connectivity index (χ2v) is 10.0. The Hall–Kier alpha value is -3.72. The van der Waals surface area contributed by atoms with Gasteiger partial charge in [0.25, 0.3) is 10.0 Å². The lowest BCUT2D eigenvalue weighted by atomic mass is 10.1. The van der Waals surface area contributed by atoms with Crippen LogP contribution in [0.5, 0.6) is 11.6 Å². The predicted octanol–water partition coefficient (Wildman–Crippen LogP) is 5.11. The average molecular weight is 478 g/mol. The fraction of sp³-hybridized carbons (Fsp3) is 0.240. The normalized spacial score (nSPS) is 11.5. The van der Waals surface area contributed by atoms with Crippen LogP contribution in [0.4, 0.5) is 5.69 Å². The zero-order chi connectivity index (χ0) is 24.6. The molecule has 34 heavy (non-hydrogen) atoms. The Morgan fingerprint density at radius 3 is 2.15 bits per heavy atom. The molecule has 0 saturated heterocycles. The molecule has 0 aliphatic carbocycles. The first-order valence-corrected chi connectivity index (χ1v) is 12.3. The minimum Gasteiger partial charge on any atom is -0.439 e. The Labute approximate surface area is 199 Å². The van der Waals surface area contributed by atoms with Gasteiger partial charge in [-0.2, -0.15) is 10.1 Å². The maximum Gasteiger partial charge on any atom is 0.262 e. The van der Waals surface area contributed by atoms with Gasteiger partial charge in [0.2, 0.25) is 5.88 Å². The van der Waals surface area contributed by atoms with Crippen LogP contribution >= 0.6 is 0 Å². The van der Waals surface area contributed by atoms with Gasteiger partial charge in [0.15, 0.2) is 5.82 Å². The van der Waals surface area contributed by atoms with E-state index in [0.717, 1.165) is 22.5 Å². The summed E-state index contributed by atoms with van der Waals surface area (Å²) in [7, 11) is -3.72. The zero-order valence-corrected chi connectivity index (χ0v) is 20.9. The van der Waals surface area contributed by atoms with Crippen LogP contribution in [0.3, 0.4) is 0 Å². The minimum absolute atomic E-state index is 0.268. The molecule has 176 valence electrons. The van der Waals surface area contributed by atoms with E-state index in [-0.39, 0.29) is 4.90 Å². The number of rotatable bonds is 6. The second-order valence-electron chi connectivity index (χ2n) is 8.38. The molecule has 0 unspecified atom stereocenters. The van der Waals surface area contributed by atoms with Crippen molar-refractivity contribution in [3.8, 4) is 17.4 Å². The van der Waals surface area contributed by atoms with Gasteiger partial charge in [-0.3, -0.25) is 4.72 Å². The Morgan fingerprint density at radius 1 is 0.824 bits per heavy atom. The average Bonchev–Trinajstić information content (AvgIpc) is 3.09. The number of sulfonamides is 1. The fourth-order valence-corrected chi connectivity index (χ4v) is 5.06. The van der Waals surface area contributed by atoms with E-state index in [9.17, 15) is 8.42 Å². The van der Waals surface area contributed by atoms with Gasteiger partial charge in [0.05, 0.1) is 10.6 Å². The molecular weight excluding hydrogens is 450 g/mol. The molecule has 0 bridgehead atoms. The molecule has 0 spiro atoms. The molecule has 4 rings (SSSR count). The van der Waals surface area contributed by atoms with Crippen LogP contribution in [0, 0.1) is 41.5 Å². The molecule has 9 heteroatoms. The number of anilines is 1. The van der Waals surface area contributed by atoms with Gasteiger partial charge < -0.3 is 4.74 Å². The number of hydrogen-bond acceptors (Lipinski definition) is 6. The van der Waals surface area contributed by atoms with Crippen molar-refractivity contribution in [3.63, 3.8) is 0 Å². The Kier molecular flexibility index (Phi) is 6.14. The Balaban J connectivity index is 1.54. The highest BCUT2D eigenvalue weighted by molar-refractivity contribution is 7.92. The summed E-state index contributed by atoms with van der Waals surface area (Å²) in [6.45, 7) is 11.3. The van der Waals surface area contributed by atoms with E-state index >= 15 is 0 Å². The molecule has 0 saturated carbocycles. The summed E-state index contributed by atoms with van der Waals surface area (Å²) < 4.78 is 36.2. The second kappa shape index (κ2) is 8.90. The van der Waals surface area contributed by atoms with E-state index in [2.05, 4.69) is 19.8 Å².